The van der Waals surface area contributed by atoms with E-state index in [9.17, 15) is 0 Å². The molecule has 0 fully saturated rings. The first-order chi connectivity index (χ1) is 8.77. The highest BCUT2D eigenvalue weighted by Crippen LogP contribution is 2.37. The molecule has 3 aromatic rings. The average molecular weight is 256 g/mol. The predicted molar refractivity (Wildman–Crippen MR) is 74.3 cm³/mol. The van der Waals surface area contributed by atoms with E-state index >= 15 is 0 Å². The number of thiophene rings is 1. The van der Waals surface area contributed by atoms with Crippen LogP contribution in [0.15, 0.2) is 36.0 Å². The fraction of sp³-hybridized carbons (Fsp3) is 0.0769. The zero-order valence-corrected chi connectivity index (χ0v) is 10.7. The molecule has 0 aliphatic carbocycles. The summed E-state index contributed by atoms with van der Waals surface area (Å²) in [5.41, 5.74) is 10.0. The van der Waals surface area contributed by atoms with Gasteiger partial charge in [0.1, 0.15) is 0 Å². The van der Waals surface area contributed by atoms with Gasteiger partial charge in [0.05, 0.1) is 16.1 Å². The van der Waals surface area contributed by atoms with E-state index in [4.69, 9.17) is 5.73 Å². The van der Waals surface area contributed by atoms with Gasteiger partial charge in [-0.3, -0.25) is 10.1 Å². The molecule has 0 saturated carbocycles. The highest BCUT2D eigenvalue weighted by Gasteiger charge is 2.16. The number of nitrogens with one attached hydrogen (secondary N) is 1. The van der Waals surface area contributed by atoms with Crippen LogP contribution < -0.4 is 5.73 Å². The molecule has 18 heavy (non-hydrogen) atoms. The SMILES string of the molecule is Cc1ccsc1-c1[nH]nc(N)c1-c1cccnc1. The molecule has 0 aliphatic rings. The lowest BCUT2D eigenvalue weighted by Gasteiger charge is -2.03. The Morgan fingerprint density at radius 1 is 1.33 bits per heavy atom. The number of rotatable bonds is 2. The van der Waals surface area contributed by atoms with Crippen molar-refractivity contribution in [2.24, 2.45) is 0 Å². The minimum Gasteiger partial charge on any atom is -0.382 e. The topological polar surface area (TPSA) is 67.6 Å². The molecule has 0 saturated heterocycles. The molecule has 4 nitrogen and oxygen atoms in total. The number of pyridine rings is 1. The minimum atomic E-state index is 0.505. The van der Waals surface area contributed by atoms with Gasteiger partial charge >= 0.3 is 0 Å². The van der Waals surface area contributed by atoms with E-state index in [2.05, 4.69) is 33.6 Å². The number of hydrogen-bond acceptors (Lipinski definition) is 4. The Morgan fingerprint density at radius 2 is 2.22 bits per heavy atom. The highest BCUT2D eigenvalue weighted by atomic mass is 32.1. The maximum absolute atomic E-state index is 5.96. The summed E-state index contributed by atoms with van der Waals surface area (Å²) < 4.78 is 0. The number of aromatic amines is 1. The Kier molecular flexibility index (Phi) is 2.60. The number of hydrogen-bond donors (Lipinski definition) is 2. The van der Waals surface area contributed by atoms with Crippen LogP contribution in [0.4, 0.5) is 5.82 Å². The molecule has 0 bridgehead atoms. The molecule has 0 unspecified atom stereocenters. The molecule has 3 N–H and O–H groups in total. The van der Waals surface area contributed by atoms with E-state index in [1.165, 1.54) is 5.56 Å². The fourth-order valence-electron chi connectivity index (χ4n) is 1.95. The summed E-state index contributed by atoms with van der Waals surface area (Å²) in [5.74, 6) is 0.505. The quantitative estimate of drug-likeness (QED) is 0.740. The normalized spacial score (nSPS) is 10.7. The Morgan fingerprint density at radius 3 is 2.89 bits per heavy atom. The van der Waals surface area contributed by atoms with E-state index in [1.807, 2.05) is 12.1 Å². The number of nitrogen functional groups attached to an aromatic ring is 1. The van der Waals surface area contributed by atoms with Crippen LogP contribution in [0, 0.1) is 6.92 Å². The van der Waals surface area contributed by atoms with E-state index in [1.54, 1.807) is 23.7 Å². The summed E-state index contributed by atoms with van der Waals surface area (Å²) in [6, 6.07) is 5.97. The number of nitrogens with two attached hydrogens (primary N) is 1. The molecule has 90 valence electrons. The van der Waals surface area contributed by atoms with E-state index in [0.717, 1.165) is 21.7 Å². The Balaban J connectivity index is 2.22. The molecule has 5 heteroatoms. The molecule has 3 rings (SSSR count). The second-order valence-electron chi connectivity index (χ2n) is 4.03. The molecule has 0 aromatic carbocycles. The lowest BCUT2D eigenvalue weighted by molar-refractivity contribution is 1.10. The number of aryl methyl sites for hydroxylation is 1. The molecule has 0 atom stereocenters. The second-order valence-corrected chi connectivity index (χ2v) is 4.95. The summed E-state index contributed by atoms with van der Waals surface area (Å²) >= 11 is 1.68. The molecule has 3 heterocycles. The zero-order chi connectivity index (χ0) is 12.5. The Bertz CT molecular complexity index is 669. The van der Waals surface area contributed by atoms with Gasteiger partial charge < -0.3 is 5.73 Å². The van der Waals surface area contributed by atoms with Crippen LogP contribution in [0.25, 0.3) is 21.7 Å². The van der Waals surface area contributed by atoms with Gasteiger partial charge in [-0.2, -0.15) is 5.10 Å². The van der Waals surface area contributed by atoms with Crippen molar-refractivity contribution < 1.29 is 0 Å². The number of nitrogens with zero attached hydrogens (tertiary/aromatic N) is 2. The maximum Gasteiger partial charge on any atom is 0.153 e. The van der Waals surface area contributed by atoms with Crippen LogP contribution in [0.2, 0.25) is 0 Å². The fourth-order valence-corrected chi connectivity index (χ4v) is 2.88. The first-order valence-electron chi connectivity index (χ1n) is 5.56. The highest BCUT2D eigenvalue weighted by molar-refractivity contribution is 7.13. The van der Waals surface area contributed by atoms with Gasteiger partial charge in [-0.15, -0.1) is 11.3 Å². The van der Waals surface area contributed by atoms with E-state index < -0.39 is 0 Å². The number of anilines is 1. The van der Waals surface area contributed by atoms with Gasteiger partial charge in [-0.05, 0) is 30.0 Å². The largest absolute Gasteiger partial charge is 0.382 e. The summed E-state index contributed by atoms with van der Waals surface area (Å²) in [6.07, 6.45) is 3.55. The van der Waals surface area contributed by atoms with Crippen molar-refractivity contribution >= 4 is 17.2 Å². The third-order valence-electron chi connectivity index (χ3n) is 2.83. The van der Waals surface area contributed by atoms with Crippen LogP contribution in [0.3, 0.4) is 0 Å². The average Bonchev–Trinajstić information content (AvgIpc) is 2.96. The van der Waals surface area contributed by atoms with Gasteiger partial charge in [0, 0.05) is 18.0 Å². The third kappa shape index (κ3) is 1.69. The molecule has 0 radical (unpaired) electrons. The van der Waals surface area contributed by atoms with Crippen molar-refractivity contribution in [1.82, 2.24) is 15.2 Å². The first kappa shape index (κ1) is 11.0. The number of aromatic nitrogens is 3. The molecule has 0 amide bonds. The lowest BCUT2D eigenvalue weighted by atomic mass is 10.1. The summed E-state index contributed by atoms with van der Waals surface area (Å²) in [7, 11) is 0. The van der Waals surface area contributed by atoms with Gasteiger partial charge in [0.2, 0.25) is 0 Å². The van der Waals surface area contributed by atoms with Crippen LogP contribution >= 0.6 is 11.3 Å². The minimum absolute atomic E-state index is 0.505. The van der Waals surface area contributed by atoms with Crippen molar-refractivity contribution in [3.63, 3.8) is 0 Å². The monoisotopic (exact) mass is 256 g/mol. The Labute approximate surface area is 109 Å². The molecular weight excluding hydrogens is 244 g/mol. The lowest BCUT2D eigenvalue weighted by Crippen LogP contribution is -1.89. The molecule has 3 aromatic heterocycles. The predicted octanol–water partition coefficient (Wildman–Crippen LogP) is 3.09. The summed E-state index contributed by atoms with van der Waals surface area (Å²) in [4.78, 5) is 5.30. The van der Waals surface area contributed by atoms with Gasteiger partial charge in [-0.25, -0.2) is 0 Å². The van der Waals surface area contributed by atoms with Crippen molar-refractivity contribution in [2.45, 2.75) is 6.92 Å². The van der Waals surface area contributed by atoms with Crippen molar-refractivity contribution in [3.05, 3.63) is 41.5 Å². The van der Waals surface area contributed by atoms with Crippen molar-refractivity contribution in [1.29, 1.82) is 0 Å². The second kappa shape index (κ2) is 4.27. The standard InChI is InChI=1S/C13H12N4S/c1-8-4-6-18-12(8)11-10(13(14)17-16-11)9-3-2-5-15-7-9/h2-7H,1H3,(H3,14,16,17). The van der Waals surface area contributed by atoms with Gasteiger partial charge in [-0.1, -0.05) is 6.07 Å². The van der Waals surface area contributed by atoms with Crippen LogP contribution in [0.5, 0.6) is 0 Å². The van der Waals surface area contributed by atoms with Gasteiger partial charge in [0.25, 0.3) is 0 Å². The van der Waals surface area contributed by atoms with Gasteiger partial charge in [0.15, 0.2) is 5.82 Å². The smallest absolute Gasteiger partial charge is 0.153 e. The molecule has 0 spiro atoms. The van der Waals surface area contributed by atoms with E-state index in [0.29, 0.717) is 5.82 Å². The first-order valence-corrected chi connectivity index (χ1v) is 6.44. The van der Waals surface area contributed by atoms with Crippen LogP contribution in [0.1, 0.15) is 5.56 Å². The molecule has 0 aliphatic heterocycles. The Hall–Kier alpha value is -2.14. The maximum atomic E-state index is 5.96. The summed E-state index contributed by atoms with van der Waals surface area (Å²) in [6.45, 7) is 2.08. The van der Waals surface area contributed by atoms with Crippen LogP contribution in [-0.4, -0.2) is 15.2 Å². The third-order valence-corrected chi connectivity index (χ3v) is 3.87. The number of H-pyrrole nitrogens is 1. The van der Waals surface area contributed by atoms with E-state index in [-0.39, 0.29) is 0 Å². The zero-order valence-electron chi connectivity index (χ0n) is 9.84. The van der Waals surface area contributed by atoms with Crippen molar-refractivity contribution in [2.75, 3.05) is 5.73 Å². The van der Waals surface area contributed by atoms with Crippen LogP contribution in [-0.2, 0) is 0 Å². The van der Waals surface area contributed by atoms with Crippen molar-refractivity contribution in [3.8, 4) is 21.7 Å². The molecular formula is C13H12N4S. The summed E-state index contributed by atoms with van der Waals surface area (Å²) in [5, 5.41) is 9.21.